The quantitative estimate of drug-likeness (QED) is 0.590. The van der Waals surface area contributed by atoms with Crippen molar-refractivity contribution in [3.63, 3.8) is 0 Å². The van der Waals surface area contributed by atoms with Gasteiger partial charge < -0.3 is 9.97 Å². The lowest BCUT2D eigenvalue weighted by Crippen LogP contribution is -2.27. The van der Waals surface area contributed by atoms with Crippen molar-refractivity contribution in [2.75, 3.05) is 0 Å². The number of benzene rings is 1. The second kappa shape index (κ2) is 6.32. The maximum atomic E-state index is 12.7. The van der Waals surface area contributed by atoms with Crippen LogP contribution in [0.2, 0.25) is 5.02 Å². The second-order valence-electron chi connectivity index (χ2n) is 5.15. The summed E-state index contributed by atoms with van der Waals surface area (Å²) in [5.74, 6) is 0. The molecule has 7 nitrogen and oxygen atoms in total. The number of rotatable bonds is 4. The highest BCUT2D eigenvalue weighted by Gasteiger charge is 2.22. The van der Waals surface area contributed by atoms with Gasteiger partial charge in [0, 0.05) is 10.7 Å². The molecule has 2 heterocycles. The zero-order valence-electron chi connectivity index (χ0n) is 12.3. The zero-order chi connectivity index (χ0) is 17.5. The van der Waals surface area contributed by atoms with Gasteiger partial charge in [-0.2, -0.15) is 0 Å². The fraction of sp³-hybridized carbons (Fsp3) is 0.143. The Morgan fingerprint density at radius 2 is 1.92 bits per heavy atom. The molecule has 0 aliphatic heterocycles. The molecule has 3 rings (SSSR count). The first-order valence-corrected chi connectivity index (χ1v) is 9.47. The van der Waals surface area contributed by atoms with Gasteiger partial charge in [-0.05, 0) is 47.1 Å². The highest BCUT2D eigenvalue weighted by atomic mass is 79.9. The molecule has 0 amide bonds. The van der Waals surface area contributed by atoms with Crippen molar-refractivity contribution in [2.45, 2.75) is 17.9 Å². The van der Waals surface area contributed by atoms with Crippen LogP contribution in [0.1, 0.15) is 18.7 Å². The number of fused-ring (bicyclic) bond motifs is 1. The summed E-state index contributed by atoms with van der Waals surface area (Å²) < 4.78 is 28.2. The van der Waals surface area contributed by atoms with Crippen molar-refractivity contribution in [1.29, 1.82) is 0 Å². The lowest BCUT2D eigenvalue weighted by Gasteiger charge is -2.15. The van der Waals surface area contributed by atoms with Crippen LogP contribution in [0.5, 0.6) is 0 Å². The SMILES string of the molecule is C[C@H](NS(=O)(=O)c1cc2[nH]c(=O)[nH]c2cc1Br)c1ccc(Cl)cn1. The molecule has 126 valence electrons. The van der Waals surface area contributed by atoms with Crippen LogP contribution < -0.4 is 10.4 Å². The minimum absolute atomic E-state index is 0.0195. The molecule has 10 heteroatoms. The van der Waals surface area contributed by atoms with E-state index in [2.05, 4.69) is 35.6 Å². The summed E-state index contributed by atoms with van der Waals surface area (Å²) in [5, 5.41) is 0.471. The Morgan fingerprint density at radius 3 is 2.54 bits per heavy atom. The van der Waals surface area contributed by atoms with Gasteiger partial charge in [0.1, 0.15) is 0 Å². The molecular formula is C14H12BrClN4O3S. The number of nitrogens with one attached hydrogen (secondary N) is 3. The Kier molecular flexibility index (Phi) is 4.52. The van der Waals surface area contributed by atoms with Crippen molar-refractivity contribution in [3.05, 3.63) is 56.1 Å². The molecule has 0 aliphatic carbocycles. The summed E-state index contributed by atoms with van der Waals surface area (Å²) in [6.45, 7) is 1.68. The lowest BCUT2D eigenvalue weighted by molar-refractivity contribution is 0.563. The molecule has 0 spiro atoms. The topological polar surface area (TPSA) is 108 Å². The van der Waals surface area contributed by atoms with E-state index in [4.69, 9.17) is 11.6 Å². The first kappa shape index (κ1) is 17.2. The van der Waals surface area contributed by atoms with Crippen molar-refractivity contribution in [1.82, 2.24) is 19.7 Å². The van der Waals surface area contributed by atoms with Crippen LogP contribution in [0, 0.1) is 0 Å². The third kappa shape index (κ3) is 3.39. The Bertz CT molecular complexity index is 1060. The van der Waals surface area contributed by atoms with Crippen LogP contribution in [-0.2, 0) is 10.0 Å². The third-order valence-electron chi connectivity index (χ3n) is 3.38. The zero-order valence-corrected chi connectivity index (χ0v) is 15.5. The minimum Gasteiger partial charge on any atom is -0.306 e. The minimum atomic E-state index is -3.84. The number of H-pyrrole nitrogens is 2. The number of aromatic amines is 2. The van der Waals surface area contributed by atoms with Gasteiger partial charge in [0.25, 0.3) is 0 Å². The molecule has 1 aromatic carbocycles. The first-order valence-electron chi connectivity index (χ1n) is 6.81. The molecule has 3 aromatic rings. The van der Waals surface area contributed by atoms with Crippen molar-refractivity contribution in [2.24, 2.45) is 0 Å². The standard InChI is InChI=1S/C14H12BrClN4O3S/c1-7(10-3-2-8(16)6-17-10)20-24(22,23)13-5-12-11(4-9(13)15)18-14(21)19-12/h2-7,20H,1H3,(H2,18,19,21)/t7-/m0/s1. The number of nitrogens with zero attached hydrogens (tertiary/aromatic N) is 1. The van der Waals surface area contributed by atoms with Crippen molar-refractivity contribution >= 4 is 48.6 Å². The maximum absolute atomic E-state index is 12.7. The van der Waals surface area contributed by atoms with E-state index in [1.807, 2.05) is 0 Å². The first-order chi connectivity index (χ1) is 11.3. The summed E-state index contributed by atoms with van der Waals surface area (Å²) in [4.78, 5) is 20.6. The highest BCUT2D eigenvalue weighted by Crippen LogP contribution is 2.27. The molecule has 0 unspecified atom stereocenters. The van der Waals surface area contributed by atoms with Crippen LogP contribution in [0.3, 0.4) is 0 Å². The average molecular weight is 432 g/mol. The molecule has 2 aromatic heterocycles. The molecule has 0 aliphatic rings. The van der Waals surface area contributed by atoms with E-state index in [1.54, 1.807) is 19.1 Å². The fourth-order valence-electron chi connectivity index (χ4n) is 2.24. The van der Waals surface area contributed by atoms with Crippen LogP contribution in [0.4, 0.5) is 0 Å². The fourth-order valence-corrected chi connectivity index (χ4v) is 4.64. The average Bonchev–Trinajstić information content (AvgIpc) is 2.85. The molecule has 0 radical (unpaired) electrons. The summed E-state index contributed by atoms with van der Waals surface area (Å²) in [7, 11) is -3.84. The van der Waals surface area contributed by atoms with Crippen molar-refractivity contribution < 1.29 is 8.42 Å². The van der Waals surface area contributed by atoms with Crippen LogP contribution >= 0.6 is 27.5 Å². The second-order valence-corrected chi connectivity index (χ2v) is 8.12. The van der Waals surface area contributed by atoms with Gasteiger partial charge in [-0.3, -0.25) is 4.98 Å². The number of sulfonamides is 1. The van der Waals surface area contributed by atoms with Crippen LogP contribution in [-0.4, -0.2) is 23.4 Å². The van der Waals surface area contributed by atoms with E-state index in [1.165, 1.54) is 18.3 Å². The van der Waals surface area contributed by atoms with Crippen LogP contribution in [0.25, 0.3) is 11.0 Å². The van der Waals surface area contributed by atoms with E-state index in [9.17, 15) is 13.2 Å². The van der Waals surface area contributed by atoms with Gasteiger partial charge >= 0.3 is 5.69 Å². The predicted octanol–water partition coefficient (Wildman–Crippen LogP) is 2.71. The van der Waals surface area contributed by atoms with Gasteiger partial charge in [-0.25, -0.2) is 17.9 Å². The molecular weight excluding hydrogens is 420 g/mol. The third-order valence-corrected chi connectivity index (χ3v) is 6.11. The molecule has 0 saturated heterocycles. The summed E-state index contributed by atoms with van der Waals surface area (Å²) >= 11 is 9.01. The Morgan fingerprint density at radius 1 is 1.25 bits per heavy atom. The number of halogens is 2. The van der Waals surface area contributed by atoms with E-state index in [-0.39, 0.29) is 4.90 Å². The van der Waals surface area contributed by atoms with E-state index < -0.39 is 21.8 Å². The molecule has 0 saturated carbocycles. The van der Waals surface area contributed by atoms with Gasteiger partial charge in [-0.1, -0.05) is 11.6 Å². The van der Waals surface area contributed by atoms with E-state index in [0.29, 0.717) is 26.2 Å². The molecule has 3 N–H and O–H groups in total. The summed E-state index contributed by atoms with van der Waals surface area (Å²) in [6.07, 6.45) is 1.45. The van der Waals surface area contributed by atoms with Crippen LogP contribution in [0.15, 0.2) is 44.6 Å². The Balaban J connectivity index is 1.96. The lowest BCUT2D eigenvalue weighted by atomic mass is 10.2. The molecule has 1 atom stereocenters. The number of aromatic nitrogens is 3. The molecule has 0 fully saturated rings. The van der Waals surface area contributed by atoms with Gasteiger partial charge in [0.2, 0.25) is 10.0 Å². The number of pyridine rings is 1. The van der Waals surface area contributed by atoms with Gasteiger partial charge in [0.05, 0.1) is 32.7 Å². The number of hydrogen-bond donors (Lipinski definition) is 3. The molecule has 24 heavy (non-hydrogen) atoms. The predicted molar refractivity (Wildman–Crippen MR) is 94.6 cm³/mol. The Hall–Kier alpha value is -1.68. The normalized spacial score (nSPS) is 13.3. The highest BCUT2D eigenvalue weighted by molar-refractivity contribution is 9.10. The summed E-state index contributed by atoms with van der Waals surface area (Å²) in [6, 6.07) is 5.66. The van der Waals surface area contributed by atoms with E-state index in [0.717, 1.165) is 0 Å². The number of imidazole rings is 1. The van der Waals surface area contributed by atoms with Crippen molar-refractivity contribution in [3.8, 4) is 0 Å². The maximum Gasteiger partial charge on any atom is 0.323 e. The van der Waals surface area contributed by atoms with Gasteiger partial charge in [0.15, 0.2) is 0 Å². The molecule has 0 bridgehead atoms. The largest absolute Gasteiger partial charge is 0.323 e. The Labute approximate surface area is 150 Å². The van der Waals surface area contributed by atoms with Gasteiger partial charge in [-0.15, -0.1) is 0 Å². The summed E-state index contributed by atoms with van der Waals surface area (Å²) in [5.41, 5.74) is 1.05. The van der Waals surface area contributed by atoms with E-state index >= 15 is 0 Å². The monoisotopic (exact) mass is 430 g/mol. The smallest absolute Gasteiger partial charge is 0.306 e. The number of hydrogen-bond acceptors (Lipinski definition) is 4.